The summed E-state index contributed by atoms with van der Waals surface area (Å²) in [6.07, 6.45) is 0. The molecule has 0 heterocycles. The van der Waals surface area contributed by atoms with Crippen LogP contribution in [0.2, 0.25) is 0 Å². The Labute approximate surface area is 76.9 Å². The van der Waals surface area contributed by atoms with Crippen LogP contribution in [0, 0.1) is 17.8 Å². The summed E-state index contributed by atoms with van der Waals surface area (Å²) in [5, 5.41) is 3.44. The van der Waals surface area contributed by atoms with Crippen molar-refractivity contribution < 1.29 is 0 Å². The van der Waals surface area contributed by atoms with Gasteiger partial charge in [-0.2, -0.15) is 0 Å². The molecule has 0 aromatic carbocycles. The van der Waals surface area contributed by atoms with E-state index in [0.717, 1.165) is 31.5 Å². The number of hydrogen-bond acceptors (Lipinski definition) is 2. The van der Waals surface area contributed by atoms with Gasteiger partial charge in [-0.05, 0) is 37.4 Å². The second-order valence-electron chi connectivity index (χ2n) is 4.22. The molecule has 2 heteroatoms. The third-order valence-electron chi connectivity index (χ3n) is 2.50. The Morgan fingerprint density at radius 1 is 1.08 bits per heavy atom. The molecule has 0 aliphatic carbocycles. The first-order valence-corrected chi connectivity index (χ1v) is 4.98. The summed E-state index contributed by atoms with van der Waals surface area (Å²) >= 11 is 0. The minimum absolute atomic E-state index is 0.601. The number of nitrogens with one attached hydrogen (secondary N) is 1. The van der Waals surface area contributed by atoms with Crippen LogP contribution in [-0.4, -0.2) is 19.6 Å². The maximum atomic E-state index is 5.51. The molecule has 0 aliphatic rings. The molecule has 0 aliphatic heterocycles. The molecule has 0 amide bonds. The molecule has 3 N–H and O–H groups in total. The first-order valence-electron chi connectivity index (χ1n) is 4.98. The fourth-order valence-corrected chi connectivity index (χ4v) is 0.876. The Morgan fingerprint density at radius 2 is 1.67 bits per heavy atom. The average molecular weight is 172 g/mol. The normalized spacial score (nSPS) is 16.5. The van der Waals surface area contributed by atoms with Crippen LogP contribution < -0.4 is 11.1 Å². The number of hydrogen-bond donors (Lipinski definition) is 2. The van der Waals surface area contributed by atoms with Gasteiger partial charge < -0.3 is 11.1 Å². The molecule has 12 heavy (non-hydrogen) atoms. The second kappa shape index (κ2) is 6.44. The lowest BCUT2D eigenvalue weighted by Gasteiger charge is -2.17. The first-order chi connectivity index (χ1) is 5.57. The molecule has 0 radical (unpaired) electrons. The molecular weight excluding hydrogens is 148 g/mol. The highest BCUT2D eigenvalue weighted by Gasteiger charge is 2.06. The lowest BCUT2D eigenvalue weighted by molar-refractivity contribution is 0.379. The first kappa shape index (κ1) is 11.9. The standard InChI is InChI=1S/C10H24N2/c1-8(2)10(4)7-12-6-9(3)5-11/h8-10,12H,5-7,11H2,1-4H3. The van der Waals surface area contributed by atoms with E-state index < -0.39 is 0 Å². The summed E-state index contributed by atoms with van der Waals surface area (Å²) in [5.74, 6) is 2.13. The molecule has 0 saturated carbocycles. The van der Waals surface area contributed by atoms with Crippen molar-refractivity contribution in [3.63, 3.8) is 0 Å². The van der Waals surface area contributed by atoms with Crippen LogP contribution in [0.5, 0.6) is 0 Å². The summed E-state index contributed by atoms with van der Waals surface area (Å²) in [7, 11) is 0. The van der Waals surface area contributed by atoms with Crippen LogP contribution in [0.3, 0.4) is 0 Å². The summed E-state index contributed by atoms with van der Waals surface area (Å²) in [6.45, 7) is 11.9. The SMILES string of the molecule is CC(CN)CNCC(C)C(C)C. The third kappa shape index (κ3) is 5.56. The van der Waals surface area contributed by atoms with E-state index in [9.17, 15) is 0 Å². The topological polar surface area (TPSA) is 38.0 Å². The maximum absolute atomic E-state index is 5.51. The van der Waals surface area contributed by atoms with Crippen molar-refractivity contribution in [2.24, 2.45) is 23.5 Å². The fraction of sp³-hybridized carbons (Fsp3) is 1.00. The molecule has 2 unspecified atom stereocenters. The summed E-state index contributed by atoms with van der Waals surface area (Å²) in [5.41, 5.74) is 5.51. The van der Waals surface area contributed by atoms with Gasteiger partial charge in [0, 0.05) is 0 Å². The van der Waals surface area contributed by atoms with Crippen LogP contribution in [0.4, 0.5) is 0 Å². The zero-order valence-corrected chi connectivity index (χ0v) is 8.93. The van der Waals surface area contributed by atoms with Gasteiger partial charge in [0.1, 0.15) is 0 Å². The highest BCUT2D eigenvalue weighted by atomic mass is 14.9. The van der Waals surface area contributed by atoms with E-state index in [1.807, 2.05) is 0 Å². The van der Waals surface area contributed by atoms with Crippen LogP contribution in [0.15, 0.2) is 0 Å². The van der Waals surface area contributed by atoms with Gasteiger partial charge in [-0.25, -0.2) is 0 Å². The van der Waals surface area contributed by atoms with E-state index in [1.54, 1.807) is 0 Å². The quantitative estimate of drug-likeness (QED) is 0.636. The van der Waals surface area contributed by atoms with Gasteiger partial charge in [-0.15, -0.1) is 0 Å². The third-order valence-corrected chi connectivity index (χ3v) is 2.50. The van der Waals surface area contributed by atoms with E-state index in [2.05, 4.69) is 33.0 Å². The van der Waals surface area contributed by atoms with Gasteiger partial charge in [0.15, 0.2) is 0 Å². The zero-order chi connectivity index (χ0) is 9.56. The minimum Gasteiger partial charge on any atom is -0.330 e. The Morgan fingerprint density at radius 3 is 2.08 bits per heavy atom. The zero-order valence-electron chi connectivity index (χ0n) is 8.93. The van der Waals surface area contributed by atoms with Gasteiger partial charge in [-0.1, -0.05) is 27.7 Å². The van der Waals surface area contributed by atoms with Gasteiger partial charge in [0.2, 0.25) is 0 Å². The predicted molar refractivity (Wildman–Crippen MR) is 55.1 cm³/mol. The molecule has 0 aromatic heterocycles. The largest absolute Gasteiger partial charge is 0.330 e. The van der Waals surface area contributed by atoms with Gasteiger partial charge in [0.05, 0.1) is 0 Å². The van der Waals surface area contributed by atoms with Crippen molar-refractivity contribution >= 4 is 0 Å². The maximum Gasteiger partial charge on any atom is -0.00110 e. The average Bonchev–Trinajstić information content (AvgIpc) is 2.03. The number of rotatable bonds is 6. The Bertz CT molecular complexity index is 102. The van der Waals surface area contributed by atoms with E-state index >= 15 is 0 Å². The molecular formula is C10H24N2. The van der Waals surface area contributed by atoms with Gasteiger partial charge in [-0.3, -0.25) is 0 Å². The summed E-state index contributed by atoms with van der Waals surface area (Å²) in [6, 6.07) is 0. The molecule has 0 fully saturated rings. The lowest BCUT2D eigenvalue weighted by atomic mass is 9.98. The van der Waals surface area contributed by atoms with Crippen molar-refractivity contribution in [2.75, 3.05) is 19.6 Å². The van der Waals surface area contributed by atoms with E-state index in [1.165, 1.54) is 0 Å². The molecule has 0 rings (SSSR count). The molecule has 0 spiro atoms. The lowest BCUT2D eigenvalue weighted by Crippen LogP contribution is -2.30. The Kier molecular flexibility index (Phi) is 6.39. The number of nitrogens with two attached hydrogens (primary N) is 1. The smallest absolute Gasteiger partial charge is 0.00110 e. The molecule has 0 saturated heterocycles. The summed E-state index contributed by atoms with van der Waals surface area (Å²) < 4.78 is 0. The Hall–Kier alpha value is -0.0800. The van der Waals surface area contributed by atoms with Crippen LogP contribution >= 0.6 is 0 Å². The van der Waals surface area contributed by atoms with Gasteiger partial charge in [0.25, 0.3) is 0 Å². The van der Waals surface area contributed by atoms with Crippen LogP contribution in [-0.2, 0) is 0 Å². The minimum atomic E-state index is 0.601. The van der Waals surface area contributed by atoms with E-state index in [-0.39, 0.29) is 0 Å². The van der Waals surface area contributed by atoms with Crippen molar-refractivity contribution in [3.05, 3.63) is 0 Å². The van der Waals surface area contributed by atoms with Crippen molar-refractivity contribution in [1.29, 1.82) is 0 Å². The molecule has 2 nitrogen and oxygen atoms in total. The molecule has 0 aromatic rings. The highest BCUT2D eigenvalue weighted by molar-refractivity contribution is 4.63. The molecule has 74 valence electrons. The van der Waals surface area contributed by atoms with Crippen molar-refractivity contribution in [1.82, 2.24) is 5.32 Å². The van der Waals surface area contributed by atoms with Crippen LogP contribution in [0.25, 0.3) is 0 Å². The van der Waals surface area contributed by atoms with E-state index in [0.29, 0.717) is 5.92 Å². The predicted octanol–water partition coefficient (Wildman–Crippen LogP) is 1.46. The molecule has 2 atom stereocenters. The molecule has 0 bridgehead atoms. The summed E-state index contributed by atoms with van der Waals surface area (Å²) in [4.78, 5) is 0. The van der Waals surface area contributed by atoms with Crippen LogP contribution in [0.1, 0.15) is 27.7 Å². The Balaban J connectivity index is 3.30. The monoisotopic (exact) mass is 172 g/mol. The fourth-order valence-electron chi connectivity index (χ4n) is 0.876. The second-order valence-corrected chi connectivity index (χ2v) is 4.22. The van der Waals surface area contributed by atoms with Gasteiger partial charge >= 0.3 is 0 Å². The van der Waals surface area contributed by atoms with Crippen molar-refractivity contribution in [3.8, 4) is 0 Å². The van der Waals surface area contributed by atoms with E-state index in [4.69, 9.17) is 5.73 Å². The highest BCUT2D eigenvalue weighted by Crippen LogP contribution is 2.07. The van der Waals surface area contributed by atoms with Crippen molar-refractivity contribution in [2.45, 2.75) is 27.7 Å².